The van der Waals surface area contributed by atoms with Crippen molar-refractivity contribution in [2.45, 2.75) is 4.83 Å². The molecule has 18 heavy (non-hydrogen) atoms. The highest BCUT2D eigenvalue weighted by molar-refractivity contribution is 9.09. The monoisotopic (exact) mass is 344 g/mol. The van der Waals surface area contributed by atoms with Gasteiger partial charge in [-0.1, -0.05) is 57.3 Å². The van der Waals surface area contributed by atoms with Crippen molar-refractivity contribution in [3.05, 3.63) is 63.6 Å². The Bertz CT molecular complexity index is 520. The van der Waals surface area contributed by atoms with Gasteiger partial charge in [0, 0.05) is 15.6 Å². The van der Waals surface area contributed by atoms with Gasteiger partial charge in [-0.05, 0) is 29.8 Å². The van der Waals surface area contributed by atoms with E-state index < -0.39 is 0 Å². The fourth-order valence-electron chi connectivity index (χ4n) is 1.69. The molecule has 1 atom stereocenters. The molecule has 0 spiro atoms. The first kappa shape index (κ1) is 13.7. The third kappa shape index (κ3) is 2.82. The maximum absolute atomic E-state index is 6.19. The Kier molecular flexibility index (Phi) is 4.55. The fraction of sp³-hybridized carbons (Fsp3) is 0.143. The third-order valence-corrected chi connectivity index (χ3v) is 4.31. The maximum Gasteiger partial charge on any atom is 0.118 e. The number of hydrogen-bond acceptors (Lipinski definition) is 1. The van der Waals surface area contributed by atoms with Crippen LogP contribution in [0, 0.1) is 0 Å². The molecule has 0 saturated carbocycles. The summed E-state index contributed by atoms with van der Waals surface area (Å²) in [5, 5.41) is 1.31. The van der Waals surface area contributed by atoms with Crippen molar-refractivity contribution >= 4 is 39.1 Å². The Morgan fingerprint density at radius 1 is 1.00 bits per heavy atom. The van der Waals surface area contributed by atoms with Crippen molar-refractivity contribution in [1.29, 1.82) is 0 Å². The van der Waals surface area contributed by atoms with Crippen LogP contribution in [0.5, 0.6) is 5.75 Å². The van der Waals surface area contributed by atoms with Crippen LogP contribution >= 0.6 is 39.1 Å². The molecule has 2 rings (SSSR count). The molecule has 0 saturated heterocycles. The summed E-state index contributed by atoms with van der Waals surface area (Å²) in [6.45, 7) is 0. The highest BCUT2D eigenvalue weighted by Crippen LogP contribution is 2.39. The highest BCUT2D eigenvalue weighted by Gasteiger charge is 2.16. The zero-order valence-electron chi connectivity index (χ0n) is 9.66. The molecule has 0 N–H and O–H groups in total. The van der Waals surface area contributed by atoms with Crippen LogP contribution in [0.25, 0.3) is 0 Å². The number of ether oxygens (including phenoxy) is 1. The van der Waals surface area contributed by atoms with Gasteiger partial charge in [0.05, 0.1) is 11.9 Å². The Hall–Kier alpha value is -0.700. The number of halogens is 3. The van der Waals surface area contributed by atoms with E-state index >= 15 is 0 Å². The van der Waals surface area contributed by atoms with Crippen LogP contribution in [0.15, 0.2) is 42.5 Å². The van der Waals surface area contributed by atoms with E-state index in [-0.39, 0.29) is 4.83 Å². The van der Waals surface area contributed by atoms with E-state index in [9.17, 15) is 0 Å². The molecule has 0 aliphatic rings. The van der Waals surface area contributed by atoms with Crippen molar-refractivity contribution in [2.75, 3.05) is 7.11 Å². The average molecular weight is 346 g/mol. The summed E-state index contributed by atoms with van der Waals surface area (Å²) in [5.74, 6) is 0.823. The van der Waals surface area contributed by atoms with Crippen molar-refractivity contribution in [3.8, 4) is 5.75 Å². The molecule has 2 aromatic rings. The van der Waals surface area contributed by atoms with E-state index in [1.165, 1.54) is 0 Å². The molecule has 1 unspecified atom stereocenters. The minimum atomic E-state index is -0.0374. The van der Waals surface area contributed by atoms with E-state index in [2.05, 4.69) is 15.9 Å². The second-order valence-corrected chi connectivity index (χ2v) is 5.50. The first-order chi connectivity index (χ1) is 8.63. The third-order valence-electron chi connectivity index (χ3n) is 2.66. The number of hydrogen-bond donors (Lipinski definition) is 0. The Labute approximate surface area is 125 Å². The summed E-state index contributed by atoms with van der Waals surface area (Å²) < 4.78 is 5.13. The molecule has 0 radical (unpaired) electrons. The van der Waals surface area contributed by atoms with Crippen LogP contribution in [-0.2, 0) is 0 Å². The van der Waals surface area contributed by atoms with Gasteiger partial charge in [-0.2, -0.15) is 0 Å². The van der Waals surface area contributed by atoms with Gasteiger partial charge in [0.15, 0.2) is 0 Å². The molecule has 0 fully saturated rings. The predicted molar refractivity (Wildman–Crippen MR) is 80.2 cm³/mol. The quantitative estimate of drug-likeness (QED) is 0.668. The molecule has 0 aromatic heterocycles. The molecule has 1 nitrogen and oxygen atoms in total. The molecule has 0 aliphatic carbocycles. The van der Waals surface area contributed by atoms with Gasteiger partial charge in [-0.25, -0.2) is 0 Å². The van der Waals surface area contributed by atoms with Crippen LogP contribution in [0.1, 0.15) is 16.0 Å². The van der Waals surface area contributed by atoms with Gasteiger partial charge < -0.3 is 4.74 Å². The van der Waals surface area contributed by atoms with Crippen molar-refractivity contribution < 1.29 is 4.74 Å². The lowest BCUT2D eigenvalue weighted by molar-refractivity contribution is 0.414. The fourth-order valence-corrected chi connectivity index (χ4v) is 3.37. The molecule has 0 amide bonds. The van der Waals surface area contributed by atoms with Gasteiger partial charge in [-0.15, -0.1) is 0 Å². The van der Waals surface area contributed by atoms with Crippen molar-refractivity contribution in [3.63, 3.8) is 0 Å². The molecular formula is C14H11BrCl2O. The van der Waals surface area contributed by atoms with Gasteiger partial charge in [0.2, 0.25) is 0 Å². The lowest BCUT2D eigenvalue weighted by Gasteiger charge is -2.14. The Morgan fingerprint density at radius 3 is 2.06 bits per heavy atom. The van der Waals surface area contributed by atoms with E-state index in [1.54, 1.807) is 7.11 Å². The van der Waals surface area contributed by atoms with Crippen LogP contribution in [0.2, 0.25) is 10.0 Å². The molecule has 94 valence electrons. The molecule has 0 bridgehead atoms. The van der Waals surface area contributed by atoms with Gasteiger partial charge in [-0.3, -0.25) is 0 Å². The first-order valence-corrected chi connectivity index (χ1v) is 7.02. The summed E-state index contributed by atoms with van der Waals surface area (Å²) in [4.78, 5) is -0.0374. The van der Waals surface area contributed by atoms with Crippen molar-refractivity contribution in [1.82, 2.24) is 0 Å². The molecule has 0 aliphatic heterocycles. The van der Waals surface area contributed by atoms with E-state index in [0.29, 0.717) is 10.0 Å². The largest absolute Gasteiger partial charge is 0.497 e. The summed E-state index contributed by atoms with van der Waals surface area (Å²) >= 11 is 16.0. The Balaban J connectivity index is 2.38. The van der Waals surface area contributed by atoms with Gasteiger partial charge in [0.25, 0.3) is 0 Å². The second-order valence-electron chi connectivity index (χ2n) is 3.77. The van der Waals surface area contributed by atoms with Crippen LogP contribution < -0.4 is 4.74 Å². The average Bonchev–Trinajstić information content (AvgIpc) is 2.38. The van der Waals surface area contributed by atoms with E-state index in [0.717, 1.165) is 16.9 Å². The summed E-state index contributed by atoms with van der Waals surface area (Å²) in [6, 6.07) is 13.3. The van der Waals surface area contributed by atoms with Crippen molar-refractivity contribution in [2.24, 2.45) is 0 Å². The van der Waals surface area contributed by atoms with Crippen LogP contribution in [0.4, 0.5) is 0 Å². The van der Waals surface area contributed by atoms with Crippen LogP contribution in [-0.4, -0.2) is 7.11 Å². The van der Waals surface area contributed by atoms with Gasteiger partial charge >= 0.3 is 0 Å². The molecular weight excluding hydrogens is 335 g/mol. The number of methoxy groups -OCH3 is 1. The predicted octanol–water partition coefficient (Wildman–Crippen LogP) is 5.49. The van der Waals surface area contributed by atoms with E-state index in [1.807, 2.05) is 42.5 Å². The van der Waals surface area contributed by atoms with Crippen LogP contribution in [0.3, 0.4) is 0 Å². The maximum atomic E-state index is 6.19. The molecule has 2 aromatic carbocycles. The standard InChI is InChI=1S/C14H11BrCl2O/c1-18-10-7-5-9(6-8-10)14(15)13-11(16)3-2-4-12(13)17/h2-8,14H,1H3. The number of alkyl halides is 1. The SMILES string of the molecule is COc1ccc(C(Br)c2c(Cl)cccc2Cl)cc1. The smallest absolute Gasteiger partial charge is 0.118 e. The zero-order valence-corrected chi connectivity index (χ0v) is 12.8. The highest BCUT2D eigenvalue weighted by atomic mass is 79.9. The minimum Gasteiger partial charge on any atom is -0.497 e. The Morgan fingerprint density at radius 2 is 1.56 bits per heavy atom. The second kappa shape index (κ2) is 5.96. The number of rotatable bonds is 3. The molecule has 0 heterocycles. The zero-order chi connectivity index (χ0) is 13.1. The number of benzene rings is 2. The normalized spacial score (nSPS) is 12.2. The first-order valence-electron chi connectivity index (χ1n) is 5.35. The summed E-state index contributed by atoms with van der Waals surface area (Å²) in [7, 11) is 1.64. The minimum absolute atomic E-state index is 0.0374. The van der Waals surface area contributed by atoms with Gasteiger partial charge in [0.1, 0.15) is 5.75 Å². The molecule has 4 heteroatoms. The lowest BCUT2D eigenvalue weighted by atomic mass is 10.0. The topological polar surface area (TPSA) is 9.23 Å². The van der Waals surface area contributed by atoms with E-state index in [4.69, 9.17) is 27.9 Å². The summed E-state index contributed by atoms with van der Waals surface area (Å²) in [5.41, 5.74) is 1.96. The lowest BCUT2D eigenvalue weighted by Crippen LogP contribution is -1.95. The summed E-state index contributed by atoms with van der Waals surface area (Å²) in [6.07, 6.45) is 0.